The second-order valence-electron chi connectivity index (χ2n) is 6.36. The molecule has 32 heavy (non-hydrogen) atoms. The average Bonchev–Trinajstić information content (AvgIpc) is 2.78. The summed E-state index contributed by atoms with van der Waals surface area (Å²) in [6, 6.07) is 16.2. The van der Waals surface area contributed by atoms with Gasteiger partial charge in [0.05, 0.1) is 28.4 Å². The third-order valence-corrected chi connectivity index (χ3v) is 5.36. The molecule has 0 saturated carbocycles. The molecule has 0 unspecified atom stereocenters. The third kappa shape index (κ3) is 6.32. The second kappa shape index (κ2) is 11.1. The van der Waals surface area contributed by atoms with Crippen LogP contribution in [0.5, 0.6) is 11.5 Å². The van der Waals surface area contributed by atoms with E-state index < -0.39 is 11.9 Å². The summed E-state index contributed by atoms with van der Waals surface area (Å²) in [5.41, 5.74) is 3.55. The second-order valence-corrected chi connectivity index (χ2v) is 8.09. The number of carbonyl (C=O) groups excluding carboxylic acids is 2. The number of esters is 1. The fraction of sp³-hybridized carbons (Fsp3) is 0.0870. The van der Waals surface area contributed by atoms with Gasteiger partial charge in [-0.05, 0) is 67.6 Å². The van der Waals surface area contributed by atoms with Crippen LogP contribution in [0.15, 0.2) is 70.2 Å². The van der Waals surface area contributed by atoms with Crippen molar-refractivity contribution in [1.82, 2.24) is 5.43 Å². The molecule has 0 aromatic heterocycles. The number of nitrogens with one attached hydrogen (secondary N) is 1. The van der Waals surface area contributed by atoms with Crippen molar-refractivity contribution in [3.8, 4) is 11.5 Å². The van der Waals surface area contributed by atoms with E-state index in [-0.39, 0.29) is 10.8 Å². The number of hydrazone groups is 1. The number of amides is 1. The molecule has 0 aliphatic carbocycles. The monoisotopic (exact) mass is 534 g/mol. The van der Waals surface area contributed by atoms with Crippen molar-refractivity contribution in [3.63, 3.8) is 0 Å². The summed E-state index contributed by atoms with van der Waals surface area (Å²) in [5, 5.41) is 4.56. The first-order valence-electron chi connectivity index (χ1n) is 9.40. The van der Waals surface area contributed by atoms with Gasteiger partial charge in [0.2, 0.25) is 0 Å². The first-order valence-corrected chi connectivity index (χ1v) is 11.0. The molecule has 0 atom stereocenters. The highest BCUT2D eigenvalue weighted by Gasteiger charge is 2.12. The Kier molecular flexibility index (Phi) is 8.27. The van der Waals surface area contributed by atoms with Crippen LogP contribution in [-0.2, 0) is 0 Å². The molecule has 1 amide bonds. The van der Waals surface area contributed by atoms with Gasteiger partial charge in [0.25, 0.3) is 5.91 Å². The predicted octanol–water partition coefficient (Wildman–Crippen LogP) is 6.14. The molecular formula is C23H17BrCl2N2O4. The Labute approximate surface area is 203 Å². The lowest BCUT2D eigenvalue weighted by Crippen LogP contribution is -2.17. The molecule has 0 aliphatic rings. The number of rotatable bonds is 7. The maximum Gasteiger partial charge on any atom is 0.343 e. The molecule has 3 aromatic rings. The Morgan fingerprint density at radius 2 is 1.72 bits per heavy atom. The zero-order chi connectivity index (χ0) is 23.1. The maximum absolute atomic E-state index is 12.5. The van der Waals surface area contributed by atoms with E-state index in [1.54, 1.807) is 42.5 Å². The highest BCUT2D eigenvalue weighted by molar-refractivity contribution is 9.10. The van der Waals surface area contributed by atoms with Crippen LogP contribution in [-0.4, -0.2) is 24.7 Å². The van der Waals surface area contributed by atoms with E-state index in [1.165, 1.54) is 24.4 Å². The van der Waals surface area contributed by atoms with E-state index >= 15 is 0 Å². The molecule has 9 heteroatoms. The summed E-state index contributed by atoms with van der Waals surface area (Å²) in [6.45, 7) is 2.42. The summed E-state index contributed by atoms with van der Waals surface area (Å²) in [6.07, 6.45) is 1.38. The fourth-order valence-electron chi connectivity index (χ4n) is 2.59. The van der Waals surface area contributed by atoms with Crippen molar-refractivity contribution in [2.75, 3.05) is 6.61 Å². The van der Waals surface area contributed by atoms with Crippen LogP contribution in [0.2, 0.25) is 10.0 Å². The molecule has 0 radical (unpaired) electrons. The van der Waals surface area contributed by atoms with Gasteiger partial charge in [-0.1, -0.05) is 39.1 Å². The number of hydrogen-bond acceptors (Lipinski definition) is 5. The van der Waals surface area contributed by atoms with Crippen LogP contribution < -0.4 is 14.9 Å². The molecule has 6 nitrogen and oxygen atoms in total. The molecular weight excluding hydrogens is 519 g/mol. The minimum atomic E-state index is -0.537. The van der Waals surface area contributed by atoms with Gasteiger partial charge in [-0.15, -0.1) is 0 Å². The Morgan fingerprint density at radius 1 is 1.00 bits per heavy atom. The van der Waals surface area contributed by atoms with Crippen LogP contribution >= 0.6 is 39.1 Å². The molecule has 3 aromatic carbocycles. The van der Waals surface area contributed by atoms with Crippen LogP contribution in [0.1, 0.15) is 33.2 Å². The van der Waals surface area contributed by atoms with Crippen molar-refractivity contribution < 1.29 is 19.1 Å². The molecule has 1 N–H and O–H groups in total. The number of benzene rings is 3. The first kappa shape index (κ1) is 23.8. The van der Waals surface area contributed by atoms with Crippen molar-refractivity contribution in [2.24, 2.45) is 5.10 Å². The van der Waals surface area contributed by atoms with Crippen LogP contribution in [0, 0.1) is 0 Å². The number of ether oxygens (including phenoxy) is 2. The van der Waals surface area contributed by atoms with Gasteiger partial charge in [-0.3, -0.25) is 4.79 Å². The van der Waals surface area contributed by atoms with E-state index in [1.807, 2.05) is 6.92 Å². The van der Waals surface area contributed by atoms with Gasteiger partial charge in [-0.25, -0.2) is 10.2 Å². The quantitative estimate of drug-likeness (QED) is 0.171. The lowest BCUT2D eigenvalue weighted by Gasteiger charge is -2.09. The normalized spacial score (nSPS) is 10.8. The van der Waals surface area contributed by atoms with E-state index in [0.29, 0.717) is 34.1 Å². The van der Waals surface area contributed by atoms with E-state index in [0.717, 1.165) is 4.47 Å². The zero-order valence-corrected chi connectivity index (χ0v) is 19.9. The van der Waals surface area contributed by atoms with Gasteiger partial charge in [0.1, 0.15) is 11.5 Å². The van der Waals surface area contributed by atoms with Crippen molar-refractivity contribution in [3.05, 3.63) is 91.9 Å². The van der Waals surface area contributed by atoms with Crippen LogP contribution in [0.3, 0.4) is 0 Å². The van der Waals surface area contributed by atoms with Crippen molar-refractivity contribution in [2.45, 2.75) is 6.92 Å². The summed E-state index contributed by atoms with van der Waals surface area (Å²) in [4.78, 5) is 24.8. The summed E-state index contributed by atoms with van der Waals surface area (Å²) in [7, 11) is 0. The van der Waals surface area contributed by atoms with Crippen molar-refractivity contribution in [1.29, 1.82) is 0 Å². The molecule has 0 heterocycles. The Hall–Kier alpha value is -2.87. The van der Waals surface area contributed by atoms with Gasteiger partial charge < -0.3 is 9.47 Å². The minimum absolute atomic E-state index is 0.263. The van der Waals surface area contributed by atoms with Gasteiger partial charge in [-0.2, -0.15) is 5.10 Å². The molecule has 0 aliphatic heterocycles. The maximum atomic E-state index is 12.5. The Morgan fingerprint density at radius 3 is 2.41 bits per heavy atom. The van der Waals surface area contributed by atoms with Gasteiger partial charge in [0.15, 0.2) is 0 Å². The highest BCUT2D eigenvalue weighted by Crippen LogP contribution is 2.24. The molecule has 0 bridgehead atoms. The molecule has 0 fully saturated rings. The van der Waals surface area contributed by atoms with Crippen LogP contribution in [0.4, 0.5) is 0 Å². The standard InChI is InChI=1S/C23H17BrCl2N2O4/c1-2-31-18-7-3-14(4-8-18)23(30)32-21-10-6-17(24)11-16(21)13-27-28-22(29)15-5-9-19(25)20(26)12-15/h3-13H,2H2,1H3,(H,28,29)/b27-13-. The lowest BCUT2D eigenvalue weighted by molar-refractivity contribution is 0.0734. The average molecular weight is 536 g/mol. The lowest BCUT2D eigenvalue weighted by atomic mass is 10.2. The number of carbonyl (C=O) groups is 2. The predicted molar refractivity (Wildman–Crippen MR) is 128 cm³/mol. The van der Waals surface area contributed by atoms with E-state index in [9.17, 15) is 9.59 Å². The summed E-state index contributed by atoms with van der Waals surface area (Å²) in [5.74, 6) is -0.0644. The Balaban J connectivity index is 1.72. The topological polar surface area (TPSA) is 77.0 Å². The third-order valence-electron chi connectivity index (χ3n) is 4.13. The Bertz CT molecular complexity index is 1170. The molecule has 0 saturated heterocycles. The smallest absolute Gasteiger partial charge is 0.343 e. The van der Waals surface area contributed by atoms with Gasteiger partial charge >= 0.3 is 5.97 Å². The number of halogens is 3. The molecule has 3 rings (SSSR count). The highest BCUT2D eigenvalue weighted by atomic mass is 79.9. The summed E-state index contributed by atoms with van der Waals surface area (Å²) < 4.78 is 11.6. The summed E-state index contributed by atoms with van der Waals surface area (Å²) >= 11 is 15.2. The largest absolute Gasteiger partial charge is 0.494 e. The van der Waals surface area contributed by atoms with Gasteiger partial charge in [0, 0.05) is 15.6 Å². The number of hydrogen-bond donors (Lipinski definition) is 1. The molecule has 0 spiro atoms. The first-order chi connectivity index (χ1) is 15.4. The number of nitrogens with zero attached hydrogens (tertiary/aromatic N) is 1. The molecule has 164 valence electrons. The minimum Gasteiger partial charge on any atom is -0.494 e. The zero-order valence-electron chi connectivity index (χ0n) is 16.8. The van der Waals surface area contributed by atoms with Crippen LogP contribution in [0.25, 0.3) is 0 Å². The van der Waals surface area contributed by atoms with E-state index in [4.69, 9.17) is 32.7 Å². The SMILES string of the molecule is CCOc1ccc(C(=O)Oc2ccc(Br)cc2/C=N\NC(=O)c2ccc(Cl)c(Cl)c2)cc1. The van der Waals surface area contributed by atoms with E-state index in [2.05, 4.69) is 26.5 Å². The van der Waals surface area contributed by atoms with Crippen molar-refractivity contribution >= 4 is 57.2 Å². The fourth-order valence-corrected chi connectivity index (χ4v) is 3.27.